The molecule has 1 atom stereocenters. The van der Waals surface area contributed by atoms with E-state index in [9.17, 15) is 4.79 Å². The number of nitrogens with one attached hydrogen (secondary N) is 2. The molecule has 0 saturated carbocycles. The van der Waals surface area contributed by atoms with Gasteiger partial charge in [-0.05, 0) is 25.3 Å². The van der Waals surface area contributed by atoms with Crippen LogP contribution in [-0.2, 0) is 12.8 Å². The second-order valence-corrected chi connectivity index (χ2v) is 6.55. The Morgan fingerprint density at radius 1 is 1.39 bits per heavy atom. The summed E-state index contributed by atoms with van der Waals surface area (Å²) in [6, 6.07) is 7.76. The van der Waals surface area contributed by atoms with Gasteiger partial charge in [-0.25, -0.2) is 4.98 Å². The summed E-state index contributed by atoms with van der Waals surface area (Å²) in [5.74, 6) is -0.243. The van der Waals surface area contributed by atoms with E-state index in [1.165, 1.54) is 16.2 Å². The molecular weight excluding hydrogens is 334 g/mol. The van der Waals surface area contributed by atoms with E-state index < -0.39 is 0 Å². The highest BCUT2D eigenvalue weighted by atomic mass is 35.5. The second-order valence-electron chi connectivity index (χ2n) is 5.46. The summed E-state index contributed by atoms with van der Waals surface area (Å²) in [6.45, 7) is 0. The molecule has 0 bridgehead atoms. The molecule has 0 saturated heterocycles. The molecule has 0 spiro atoms. The Labute approximate surface area is 142 Å². The largest absolute Gasteiger partial charge is 0.327 e. The van der Waals surface area contributed by atoms with E-state index in [1.54, 1.807) is 0 Å². The molecule has 0 radical (unpaired) electrons. The van der Waals surface area contributed by atoms with Gasteiger partial charge in [-0.15, -0.1) is 23.7 Å². The molecule has 4 rings (SSSR count). The molecule has 1 aliphatic rings. The fraction of sp³-hybridized carbons (Fsp3) is 0.267. The van der Waals surface area contributed by atoms with Gasteiger partial charge >= 0.3 is 0 Å². The highest BCUT2D eigenvalue weighted by molar-refractivity contribution is 7.15. The average molecular weight is 350 g/mol. The van der Waals surface area contributed by atoms with Crippen LogP contribution in [0, 0.1) is 0 Å². The number of hydrogen-bond acceptors (Lipinski definition) is 5. The quantitative estimate of drug-likeness (QED) is 0.662. The van der Waals surface area contributed by atoms with Crippen molar-refractivity contribution in [2.75, 3.05) is 5.32 Å². The summed E-state index contributed by atoms with van der Waals surface area (Å²) in [5, 5.41) is 11.3. The Bertz CT molecular complexity index is 859. The number of H-pyrrole nitrogens is 1. The van der Waals surface area contributed by atoms with Crippen molar-refractivity contribution in [1.82, 2.24) is 15.2 Å². The Morgan fingerprint density at radius 2 is 2.22 bits per heavy atom. The summed E-state index contributed by atoms with van der Waals surface area (Å²) in [6.07, 6.45) is 2.68. The molecule has 6 nitrogen and oxygen atoms in total. The van der Waals surface area contributed by atoms with Crippen molar-refractivity contribution in [2.24, 2.45) is 5.73 Å². The number of aromatic nitrogens is 3. The third-order valence-corrected chi connectivity index (χ3v) is 4.92. The molecule has 0 unspecified atom stereocenters. The zero-order valence-electron chi connectivity index (χ0n) is 12.2. The summed E-state index contributed by atoms with van der Waals surface area (Å²) in [4.78, 5) is 18.1. The number of carbonyl (C=O) groups is 1. The molecule has 120 valence electrons. The lowest BCUT2D eigenvalue weighted by molar-refractivity contribution is 0.102. The van der Waals surface area contributed by atoms with Crippen LogP contribution in [0.15, 0.2) is 24.3 Å². The smallest absolute Gasteiger partial charge is 0.278 e. The number of rotatable bonds is 2. The minimum absolute atomic E-state index is 0. The number of fused-ring (bicyclic) bond motifs is 2. The lowest BCUT2D eigenvalue weighted by Gasteiger charge is -2.15. The first-order valence-corrected chi connectivity index (χ1v) is 8.01. The molecule has 4 N–H and O–H groups in total. The maximum absolute atomic E-state index is 12.4. The molecule has 0 fully saturated rings. The number of benzene rings is 1. The van der Waals surface area contributed by atoms with Crippen LogP contribution in [0.25, 0.3) is 10.9 Å². The number of halogens is 1. The highest BCUT2D eigenvalue weighted by Gasteiger charge is 2.22. The second kappa shape index (κ2) is 6.27. The predicted octanol–water partition coefficient (Wildman–Crippen LogP) is 2.51. The minimum atomic E-state index is -0.243. The molecule has 1 amide bonds. The van der Waals surface area contributed by atoms with Crippen LogP contribution in [0.1, 0.15) is 27.5 Å². The van der Waals surface area contributed by atoms with Gasteiger partial charge in [0.25, 0.3) is 5.91 Å². The summed E-state index contributed by atoms with van der Waals surface area (Å²) >= 11 is 1.51. The maximum atomic E-state index is 12.4. The van der Waals surface area contributed by atoms with Crippen molar-refractivity contribution in [1.29, 1.82) is 0 Å². The van der Waals surface area contributed by atoms with E-state index in [4.69, 9.17) is 5.73 Å². The SMILES string of the molecule is Cl.N[C@H]1CCc2nc(NC(=O)c3n[nH]c4ccccc34)sc2C1. The topological polar surface area (TPSA) is 96.7 Å². The van der Waals surface area contributed by atoms with Crippen molar-refractivity contribution < 1.29 is 4.79 Å². The molecule has 23 heavy (non-hydrogen) atoms. The first kappa shape index (κ1) is 15.9. The van der Waals surface area contributed by atoms with Gasteiger partial charge < -0.3 is 5.73 Å². The monoisotopic (exact) mass is 349 g/mol. The van der Waals surface area contributed by atoms with Crippen LogP contribution in [0.5, 0.6) is 0 Å². The molecule has 8 heteroatoms. The minimum Gasteiger partial charge on any atom is -0.327 e. The summed E-state index contributed by atoms with van der Waals surface area (Å²) < 4.78 is 0. The van der Waals surface area contributed by atoms with Gasteiger partial charge in [0.2, 0.25) is 0 Å². The standard InChI is InChI=1S/C15H15N5OS.ClH/c16-8-5-6-11-12(7-8)22-15(17-11)18-14(21)13-9-3-1-2-4-10(9)19-20-13;/h1-4,8H,5-7,16H2,(H,19,20)(H,17,18,21);1H/t8-;/m0./s1. The van der Waals surface area contributed by atoms with Crippen molar-refractivity contribution in [2.45, 2.75) is 25.3 Å². The molecule has 0 aliphatic heterocycles. The van der Waals surface area contributed by atoms with Crippen molar-refractivity contribution >= 4 is 45.7 Å². The van der Waals surface area contributed by atoms with E-state index in [2.05, 4.69) is 20.5 Å². The van der Waals surface area contributed by atoms with E-state index in [1.807, 2.05) is 24.3 Å². The van der Waals surface area contributed by atoms with E-state index >= 15 is 0 Å². The third-order valence-electron chi connectivity index (χ3n) is 3.88. The van der Waals surface area contributed by atoms with E-state index in [0.717, 1.165) is 35.9 Å². The number of aromatic amines is 1. The number of thiazole rings is 1. The van der Waals surface area contributed by atoms with Gasteiger partial charge in [0.15, 0.2) is 10.8 Å². The van der Waals surface area contributed by atoms with Gasteiger partial charge in [0.1, 0.15) is 0 Å². The lowest BCUT2D eigenvalue weighted by Crippen LogP contribution is -2.27. The number of nitrogens with zero attached hydrogens (tertiary/aromatic N) is 2. The Kier molecular flexibility index (Phi) is 4.34. The maximum Gasteiger partial charge on any atom is 0.278 e. The molecule has 3 aromatic rings. The van der Waals surface area contributed by atoms with Crippen LogP contribution in [-0.4, -0.2) is 27.1 Å². The summed E-state index contributed by atoms with van der Waals surface area (Å²) in [7, 11) is 0. The number of para-hydroxylation sites is 1. The van der Waals surface area contributed by atoms with Crippen molar-refractivity contribution in [3.8, 4) is 0 Å². The molecule has 1 aromatic carbocycles. The average Bonchev–Trinajstić information content (AvgIpc) is 3.09. The van der Waals surface area contributed by atoms with Gasteiger partial charge in [-0.2, -0.15) is 5.10 Å². The number of amides is 1. The number of carbonyl (C=O) groups excluding carboxylic acids is 1. The molecule has 2 aromatic heterocycles. The lowest BCUT2D eigenvalue weighted by atomic mass is 9.99. The fourth-order valence-corrected chi connectivity index (χ4v) is 3.84. The van der Waals surface area contributed by atoms with E-state index in [-0.39, 0.29) is 24.4 Å². The molecular formula is C15H16ClN5OS. The summed E-state index contributed by atoms with van der Waals surface area (Å²) in [5.41, 5.74) is 8.27. The van der Waals surface area contributed by atoms with Crippen molar-refractivity contribution in [3.63, 3.8) is 0 Å². The van der Waals surface area contributed by atoms with Gasteiger partial charge in [-0.3, -0.25) is 15.2 Å². The number of hydrogen-bond donors (Lipinski definition) is 3. The Hall–Kier alpha value is -1.96. The van der Waals surface area contributed by atoms with Crippen LogP contribution in [0.2, 0.25) is 0 Å². The number of anilines is 1. The van der Waals surface area contributed by atoms with Gasteiger partial charge in [0, 0.05) is 16.3 Å². The van der Waals surface area contributed by atoms with E-state index in [0.29, 0.717) is 10.8 Å². The fourth-order valence-electron chi connectivity index (χ4n) is 2.75. The number of nitrogens with two attached hydrogens (primary N) is 1. The van der Waals surface area contributed by atoms with Crippen molar-refractivity contribution in [3.05, 3.63) is 40.5 Å². The predicted molar refractivity (Wildman–Crippen MR) is 93.4 cm³/mol. The highest BCUT2D eigenvalue weighted by Crippen LogP contribution is 2.29. The van der Waals surface area contributed by atoms with Crippen LogP contribution < -0.4 is 11.1 Å². The molecule has 2 heterocycles. The molecule has 1 aliphatic carbocycles. The number of aryl methyl sites for hydroxylation is 1. The van der Waals surface area contributed by atoms with Crippen LogP contribution in [0.3, 0.4) is 0 Å². The first-order valence-electron chi connectivity index (χ1n) is 7.19. The Morgan fingerprint density at radius 3 is 3.09 bits per heavy atom. The van der Waals surface area contributed by atoms with Crippen LogP contribution in [0.4, 0.5) is 5.13 Å². The zero-order valence-corrected chi connectivity index (χ0v) is 13.8. The van der Waals surface area contributed by atoms with Gasteiger partial charge in [0.05, 0.1) is 11.2 Å². The third kappa shape index (κ3) is 2.95. The first-order chi connectivity index (χ1) is 10.7. The van der Waals surface area contributed by atoms with Gasteiger partial charge in [-0.1, -0.05) is 18.2 Å². The zero-order chi connectivity index (χ0) is 15.1. The van der Waals surface area contributed by atoms with Crippen LogP contribution >= 0.6 is 23.7 Å². The Balaban J connectivity index is 0.00000156. The normalized spacial score (nSPS) is 16.7.